The van der Waals surface area contributed by atoms with E-state index in [1.807, 2.05) is 0 Å². The third-order valence-electron chi connectivity index (χ3n) is 2.05. The summed E-state index contributed by atoms with van der Waals surface area (Å²) in [5.41, 5.74) is 1.73. The molecule has 3 nitrogen and oxygen atoms in total. The molecule has 4 heteroatoms. The molecule has 0 saturated carbocycles. The smallest absolute Gasteiger partial charge is 0.189 e. The fraction of sp³-hybridized carbons (Fsp3) is 0.300. The summed E-state index contributed by atoms with van der Waals surface area (Å²) in [6.07, 6.45) is 1.16. The number of rotatable bonds is 2. The third-order valence-corrected chi connectivity index (χ3v) is 2.27. The summed E-state index contributed by atoms with van der Waals surface area (Å²) in [7, 11) is 0. The van der Waals surface area contributed by atoms with Crippen molar-refractivity contribution in [3.05, 3.63) is 28.3 Å². The number of hydrogen-bond donors (Lipinski definition) is 0. The van der Waals surface area contributed by atoms with E-state index >= 15 is 0 Å². The minimum Gasteiger partial charge on any atom is -0.467 e. The first-order valence-corrected chi connectivity index (χ1v) is 4.64. The van der Waals surface area contributed by atoms with Crippen LogP contribution in [0.15, 0.2) is 12.1 Å². The Morgan fingerprint density at radius 1 is 1.50 bits per heavy atom. The van der Waals surface area contributed by atoms with E-state index in [-0.39, 0.29) is 6.79 Å². The van der Waals surface area contributed by atoms with E-state index in [2.05, 4.69) is 0 Å². The zero-order valence-corrected chi connectivity index (χ0v) is 8.21. The van der Waals surface area contributed by atoms with Crippen molar-refractivity contribution in [3.8, 4) is 5.75 Å². The van der Waals surface area contributed by atoms with Gasteiger partial charge in [-0.3, -0.25) is 0 Å². The van der Waals surface area contributed by atoms with Gasteiger partial charge in [0.15, 0.2) is 6.79 Å². The summed E-state index contributed by atoms with van der Waals surface area (Å²) >= 11 is 5.89. The van der Waals surface area contributed by atoms with Gasteiger partial charge in [-0.05, 0) is 12.1 Å². The van der Waals surface area contributed by atoms with Crippen LogP contribution >= 0.6 is 11.6 Å². The van der Waals surface area contributed by atoms with Gasteiger partial charge >= 0.3 is 0 Å². The molecule has 1 aromatic rings. The first-order chi connectivity index (χ1) is 6.81. The van der Waals surface area contributed by atoms with Gasteiger partial charge in [-0.25, -0.2) is 0 Å². The number of ether oxygens (including phenoxy) is 2. The van der Waals surface area contributed by atoms with Crippen LogP contribution in [-0.2, 0) is 22.6 Å². The van der Waals surface area contributed by atoms with Crippen molar-refractivity contribution in [3.63, 3.8) is 0 Å². The Balaban J connectivity index is 2.46. The van der Waals surface area contributed by atoms with Crippen molar-refractivity contribution in [1.29, 1.82) is 0 Å². The largest absolute Gasteiger partial charge is 0.467 e. The Morgan fingerprint density at radius 3 is 3.14 bits per heavy atom. The van der Waals surface area contributed by atoms with Crippen LogP contribution in [0.25, 0.3) is 0 Å². The first-order valence-electron chi connectivity index (χ1n) is 4.26. The summed E-state index contributed by atoms with van der Waals surface area (Å²) in [6.45, 7) is 0.724. The maximum absolute atomic E-state index is 10.4. The summed E-state index contributed by atoms with van der Waals surface area (Å²) in [4.78, 5) is 10.4. The molecule has 0 aromatic heterocycles. The van der Waals surface area contributed by atoms with E-state index in [0.717, 1.165) is 23.2 Å². The van der Waals surface area contributed by atoms with Gasteiger partial charge in [0.05, 0.1) is 6.61 Å². The number of fused-ring (bicyclic) bond motifs is 1. The quantitative estimate of drug-likeness (QED) is 0.703. The second-order valence-corrected chi connectivity index (χ2v) is 3.47. The molecule has 0 aliphatic carbocycles. The number of carbonyl (C=O) groups is 1. The van der Waals surface area contributed by atoms with E-state index in [4.69, 9.17) is 21.1 Å². The maximum atomic E-state index is 10.4. The highest BCUT2D eigenvalue weighted by Gasteiger charge is 2.15. The molecular weight excluding hydrogens is 204 g/mol. The van der Waals surface area contributed by atoms with Crippen LogP contribution in [0.4, 0.5) is 0 Å². The molecule has 14 heavy (non-hydrogen) atoms. The minimum absolute atomic E-state index is 0.237. The molecule has 1 aromatic carbocycles. The van der Waals surface area contributed by atoms with E-state index in [1.54, 1.807) is 12.1 Å². The van der Waals surface area contributed by atoms with Gasteiger partial charge in [0.1, 0.15) is 12.0 Å². The molecule has 0 amide bonds. The Labute approximate surface area is 86.6 Å². The monoisotopic (exact) mass is 212 g/mol. The molecule has 0 unspecified atom stereocenters. The second kappa shape index (κ2) is 3.98. The third kappa shape index (κ3) is 1.74. The van der Waals surface area contributed by atoms with Crippen LogP contribution in [0.3, 0.4) is 0 Å². The Bertz CT molecular complexity index is 363. The normalized spacial score (nSPS) is 14.4. The number of halogens is 1. The molecule has 0 bridgehead atoms. The highest BCUT2D eigenvalue weighted by Crippen LogP contribution is 2.31. The van der Waals surface area contributed by atoms with Gasteiger partial charge in [0.2, 0.25) is 0 Å². The van der Waals surface area contributed by atoms with Crippen LogP contribution < -0.4 is 4.74 Å². The molecule has 1 heterocycles. The lowest BCUT2D eigenvalue weighted by Gasteiger charge is -2.20. The van der Waals surface area contributed by atoms with Crippen molar-refractivity contribution < 1.29 is 14.3 Å². The fourth-order valence-corrected chi connectivity index (χ4v) is 1.76. The van der Waals surface area contributed by atoms with Crippen LogP contribution in [0.5, 0.6) is 5.75 Å². The molecule has 0 radical (unpaired) electrons. The maximum Gasteiger partial charge on any atom is 0.189 e. The van der Waals surface area contributed by atoms with E-state index in [1.165, 1.54) is 0 Å². The van der Waals surface area contributed by atoms with Gasteiger partial charge < -0.3 is 14.3 Å². The lowest BCUT2D eigenvalue weighted by Crippen LogP contribution is -2.13. The van der Waals surface area contributed by atoms with E-state index < -0.39 is 0 Å². The number of aldehydes is 1. The molecular formula is C10H9ClO3. The molecule has 0 fully saturated rings. The zero-order chi connectivity index (χ0) is 9.97. The number of benzene rings is 1. The number of hydrogen-bond acceptors (Lipinski definition) is 3. The highest BCUT2D eigenvalue weighted by molar-refractivity contribution is 6.30. The summed E-state index contributed by atoms with van der Waals surface area (Å²) in [5.74, 6) is 0.743. The molecule has 0 N–H and O–H groups in total. The Kier molecular flexibility index (Phi) is 2.70. The molecule has 0 atom stereocenters. The fourth-order valence-electron chi connectivity index (χ4n) is 1.50. The summed E-state index contributed by atoms with van der Waals surface area (Å²) in [6, 6.07) is 3.55. The second-order valence-electron chi connectivity index (χ2n) is 3.03. The molecule has 2 rings (SSSR count). The van der Waals surface area contributed by atoms with Gasteiger partial charge in [-0.1, -0.05) is 11.6 Å². The first kappa shape index (κ1) is 9.49. The van der Waals surface area contributed by atoms with Gasteiger partial charge in [0, 0.05) is 22.6 Å². The Hall–Kier alpha value is -1.06. The van der Waals surface area contributed by atoms with Crippen molar-refractivity contribution >= 4 is 17.9 Å². The van der Waals surface area contributed by atoms with Crippen molar-refractivity contribution in [2.24, 2.45) is 0 Å². The van der Waals surface area contributed by atoms with E-state index in [0.29, 0.717) is 18.1 Å². The lowest BCUT2D eigenvalue weighted by molar-refractivity contribution is -0.107. The molecule has 0 spiro atoms. The minimum atomic E-state index is 0.237. The van der Waals surface area contributed by atoms with Crippen LogP contribution in [0, 0.1) is 0 Å². The van der Waals surface area contributed by atoms with Gasteiger partial charge in [0.25, 0.3) is 0 Å². The standard InChI is InChI=1S/C10H9ClO3/c11-9-3-7(1-2-12)10-8(4-9)5-13-6-14-10/h2-4H,1,5-6H2. The number of carbonyl (C=O) groups excluding carboxylic acids is 1. The van der Waals surface area contributed by atoms with E-state index in [9.17, 15) is 4.79 Å². The summed E-state index contributed by atoms with van der Waals surface area (Å²) in [5, 5.41) is 0.606. The molecule has 0 saturated heterocycles. The summed E-state index contributed by atoms with van der Waals surface area (Å²) < 4.78 is 10.4. The van der Waals surface area contributed by atoms with Crippen LogP contribution in [0.1, 0.15) is 11.1 Å². The lowest BCUT2D eigenvalue weighted by atomic mass is 10.1. The molecule has 1 aliphatic rings. The average Bonchev–Trinajstić information content (AvgIpc) is 2.18. The Morgan fingerprint density at radius 2 is 2.36 bits per heavy atom. The SMILES string of the molecule is O=CCc1cc(Cl)cc2c1OCOC2. The van der Waals surface area contributed by atoms with Crippen LogP contribution in [0.2, 0.25) is 5.02 Å². The predicted molar refractivity (Wildman–Crippen MR) is 51.5 cm³/mol. The van der Waals surface area contributed by atoms with Crippen LogP contribution in [-0.4, -0.2) is 13.1 Å². The molecule has 74 valence electrons. The van der Waals surface area contributed by atoms with Crippen molar-refractivity contribution in [2.75, 3.05) is 6.79 Å². The predicted octanol–water partition coefficient (Wildman–Crippen LogP) is 1.95. The topological polar surface area (TPSA) is 35.5 Å². The van der Waals surface area contributed by atoms with Gasteiger partial charge in [-0.2, -0.15) is 0 Å². The molecule has 1 aliphatic heterocycles. The average molecular weight is 213 g/mol. The zero-order valence-electron chi connectivity index (χ0n) is 7.46. The van der Waals surface area contributed by atoms with Crippen molar-refractivity contribution in [2.45, 2.75) is 13.0 Å². The highest BCUT2D eigenvalue weighted by atomic mass is 35.5. The van der Waals surface area contributed by atoms with Gasteiger partial charge in [-0.15, -0.1) is 0 Å². The van der Waals surface area contributed by atoms with Crippen molar-refractivity contribution in [1.82, 2.24) is 0 Å².